The third-order valence-corrected chi connectivity index (χ3v) is 6.60. The molecule has 4 rings (SSSR count). The van der Waals surface area contributed by atoms with E-state index < -0.39 is 18.4 Å². The third kappa shape index (κ3) is 6.56. The minimum Gasteiger partial charge on any atom is -0.495 e. The second-order valence-electron chi connectivity index (χ2n) is 8.92. The van der Waals surface area contributed by atoms with Gasteiger partial charge in [0.25, 0.3) is 12.3 Å². The number of ether oxygens (including phenoxy) is 1. The summed E-state index contributed by atoms with van der Waals surface area (Å²) in [5, 5.41) is 10.3. The molecule has 3 heterocycles. The number of rotatable bonds is 5. The molecule has 2 amide bonds. The van der Waals surface area contributed by atoms with Crippen LogP contribution < -0.4 is 16.0 Å². The fourth-order valence-corrected chi connectivity index (χ4v) is 4.27. The van der Waals surface area contributed by atoms with Gasteiger partial charge in [-0.05, 0) is 49.7 Å². The van der Waals surface area contributed by atoms with E-state index >= 15 is 0 Å². The number of anilines is 1. The summed E-state index contributed by atoms with van der Waals surface area (Å²) < 4.78 is 32.5. The van der Waals surface area contributed by atoms with Gasteiger partial charge in [0.2, 0.25) is 5.91 Å². The minimum absolute atomic E-state index is 0.0291. The van der Waals surface area contributed by atoms with Gasteiger partial charge in [-0.3, -0.25) is 24.8 Å². The molecule has 38 heavy (non-hydrogen) atoms. The van der Waals surface area contributed by atoms with E-state index in [4.69, 9.17) is 15.9 Å². The van der Waals surface area contributed by atoms with Gasteiger partial charge >= 0.3 is 0 Å². The summed E-state index contributed by atoms with van der Waals surface area (Å²) in [6.45, 7) is 1.17. The molecule has 1 aliphatic carbocycles. The molecule has 0 bridgehead atoms. The number of alkyl halides is 2. The van der Waals surface area contributed by atoms with Gasteiger partial charge in [0.1, 0.15) is 22.7 Å². The lowest BCUT2D eigenvalue weighted by atomic mass is 9.95. The van der Waals surface area contributed by atoms with Crippen LogP contribution in [0, 0.1) is 23.2 Å². The number of methoxy groups -OCH3 is 1. The van der Waals surface area contributed by atoms with E-state index in [1.165, 1.54) is 36.5 Å². The van der Waals surface area contributed by atoms with Crippen LogP contribution in [0.3, 0.4) is 0 Å². The highest BCUT2D eigenvalue weighted by atomic mass is 32.2. The Morgan fingerprint density at radius 2 is 2.16 bits per heavy atom. The lowest BCUT2D eigenvalue weighted by molar-refractivity contribution is -0.120. The van der Waals surface area contributed by atoms with Crippen molar-refractivity contribution in [3.8, 4) is 11.8 Å². The van der Waals surface area contributed by atoms with Gasteiger partial charge in [0, 0.05) is 42.5 Å². The topological polar surface area (TPSA) is 137 Å². The number of amides is 2. The van der Waals surface area contributed by atoms with Crippen molar-refractivity contribution in [2.24, 2.45) is 16.6 Å². The Bertz CT molecular complexity index is 1300. The van der Waals surface area contributed by atoms with E-state index in [2.05, 4.69) is 27.1 Å². The zero-order chi connectivity index (χ0) is 27.4. The molecule has 13 heteroatoms. The third-order valence-electron chi connectivity index (χ3n) is 5.99. The van der Waals surface area contributed by atoms with E-state index in [1.807, 2.05) is 11.9 Å². The number of allylic oxidation sites excluding steroid dienone is 1. The molecule has 2 fully saturated rings. The van der Waals surface area contributed by atoms with Gasteiger partial charge in [-0.15, -0.1) is 0 Å². The Morgan fingerprint density at radius 3 is 2.82 bits per heavy atom. The van der Waals surface area contributed by atoms with Gasteiger partial charge in [0.15, 0.2) is 5.17 Å². The number of nitrogens with one attached hydrogen (secondary N) is 2. The number of carbonyl (C=O) groups excluding carboxylic acids is 2. The molecule has 4 N–H and O–H groups in total. The molecule has 1 saturated heterocycles. The van der Waals surface area contributed by atoms with Crippen molar-refractivity contribution in [2.45, 2.75) is 25.3 Å². The van der Waals surface area contributed by atoms with Crippen molar-refractivity contribution in [3.63, 3.8) is 0 Å². The quantitative estimate of drug-likeness (QED) is 0.292. The molecule has 3 aliphatic rings. The van der Waals surface area contributed by atoms with Crippen LogP contribution in [-0.4, -0.2) is 78.2 Å². The molecule has 10 nitrogen and oxygen atoms in total. The van der Waals surface area contributed by atoms with Crippen LogP contribution in [0.1, 0.15) is 28.8 Å². The lowest BCUT2D eigenvalue weighted by Crippen LogP contribution is -2.49. The van der Waals surface area contributed by atoms with Crippen LogP contribution in [0.15, 0.2) is 35.3 Å². The first-order valence-electron chi connectivity index (χ1n) is 11.8. The number of amidine groups is 1. The predicted molar refractivity (Wildman–Crippen MR) is 142 cm³/mol. The number of nitrogens with zero attached hydrogens (tertiary/aromatic N) is 4. The second kappa shape index (κ2) is 11.7. The van der Waals surface area contributed by atoms with Crippen LogP contribution in [0.2, 0.25) is 0 Å². The number of hydrogen-bond acceptors (Lipinski definition) is 8. The highest BCUT2D eigenvalue weighted by molar-refractivity contribution is 8.26. The van der Waals surface area contributed by atoms with Crippen molar-refractivity contribution in [1.82, 2.24) is 15.2 Å². The fraction of sp³-hybridized carbons (Fsp3) is 0.400. The van der Waals surface area contributed by atoms with Gasteiger partial charge < -0.3 is 15.8 Å². The van der Waals surface area contributed by atoms with Crippen molar-refractivity contribution < 1.29 is 23.1 Å². The zero-order valence-electron chi connectivity index (χ0n) is 20.8. The average Bonchev–Trinajstić information content (AvgIpc) is 3.71. The van der Waals surface area contributed by atoms with Gasteiger partial charge in [-0.25, -0.2) is 13.8 Å². The number of piperazine rings is 1. The predicted octanol–water partition coefficient (Wildman–Crippen LogP) is 2.05. The van der Waals surface area contributed by atoms with Crippen LogP contribution in [0.25, 0.3) is 5.57 Å². The van der Waals surface area contributed by atoms with Crippen molar-refractivity contribution in [2.75, 3.05) is 38.7 Å². The summed E-state index contributed by atoms with van der Waals surface area (Å²) in [5.41, 5.74) is 6.30. The summed E-state index contributed by atoms with van der Waals surface area (Å²) >= 11 is 0.748. The Hall–Kier alpha value is -3.76. The number of hydrogen-bond donors (Lipinski definition) is 3. The number of pyridine rings is 1. The normalized spacial score (nSPS) is 20.2. The molecule has 2 aliphatic heterocycles. The van der Waals surface area contributed by atoms with Crippen molar-refractivity contribution in [3.05, 3.63) is 41.4 Å². The number of carbonyl (C=O) groups is 2. The number of halogens is 2. The lowest BCUT2D eigenvalue weighted by Gasteiger charge is -2.32. The number of aromatic nitrogens is 1. The largest absolute Gasteiger partial charge is 0.495 e. The zero-order valence-corrected chi connectivity index (χ0v) is 21.6. The summed E-state index contributed by atoms with van der Waals surface area (Å²) in [5.74, 6) is 5.42. The number of dihydropyridines is 1. The number of nitrogens with two attached hydrogens (primary N) is 1. The van der Waals surface area contributed by atoms with Crippen LogP contribution in [0.4, 0.5) is 14.6 Å². The van der Waals surface area contributed by atoms with E-state index in [0.717, 1.165) is 24.6 Å². The Morgan fingerprint density at radius 1 is 1.39 bits per heavy atom. The summed E-state index contributed by atoms with van der Waals surface area (Å²) in [7, 11) is 3.20. The molecule has 0 aromatic carbocycles. The maximum absolute atomic E-state index is 13.6. The van der Waals surface area contributed by atoms with Gasteiger partial charge in [0.05, 0.1) is 19.2 Å². The summed E-state index contributed by atoms with van der Waals surface area (Å²) in [4.78, 5) is 37.4. The van der Waals surface area contributed by atoms with E-state index in [0.29, 0.717) is 19.0 Å². The number of aliphatic imine (C=N–C) groups is 1. The molecule has 1 unspecified atom stereocenters. The van der Waals surface area contributed by atoms with E-state index in [-0.39, 0.29) is 50.9 Å². The second-order valence-corrected chi connectivity index (χ2v) is 9.95. The number of likely N-dealkylation sites (N-methyl/N-ethyl adjacent to an activating group) is 1. The Labute approximate surface area is 222 Å². The first-order valence-corrected chi connectivity index (χ1v) is 12.6. The first-order chi connectivity index (χ1) is 18.2. The Kier molecular flexibility index (Phi) is 8.43. The smallest absolute Gasteiger partial charge is 0.281 e. The van der Waals surface area contributed by atoms with Crippen molar-refractivity contribution in [1.29, 1.82) is 5.41 Å². The average molecular weight is 544 g/mol. The van der Waals surface area contributed by atoms with Gasteiger partial charge in [-0.2, -0.15) is 4.99 Å². The molecular formula is C25H27F2N7O3S. The van der Waals surface area contributed by atoms with E-state index in [1.54, 1.807) is 0 Å². The molecule has 1 aromatic heterocycles. The monoisotopic (exact) mass is 543 g/mol. The van der Waals surface area contributed by atoms with Crippen LogP contribution in [0.5, 0.6) is 0 Å². The molecular weight excluding hydrogens is 516 g/mol. The standard InChI is InChI=1S/C25H27F2N7O3S/c1-33-7-8-34(22(35)13-33)21-10-15(16-9-18(23(26)27)30-12-19(16)37-2)17(11-31-21)24(36)32-25(29)38-20(28)6-5-14-3-4-14/h9-12,14,18,23,28,30H,3-4,7-8,13H2,1-2H3,(H2,29,32,36). The fourth-order valence-electron chi connectivity index (χ4n) is 3.82. The van der Waals surface area contributed by atoms with E-state index in [9.17, 15) is 18.4 Å². The molecule has 1 saturated carbocycles. The van der Waals surface area contributed by atoms with Gasteiger partial charge in [-0.1, -0.05) is 5.92 Å². The SMILES string of the molecule is COC1=CNC(C(F)F)C=C1c1cc(N2CCN(C)CC2=O)ncc1C(=O)N=C(N)SC(=N)C#CC1CC1. The first kappa shape index (κ1) is 27.3. The maximum atomic E-state index is 13.6. The maximum Gasteiger partial charge on any atom is 0.281 e. The highest BCUT2D eigenvalue weighted by Crippen LogP contribution is 2.33. The molecule has 0 spiro atoms. The highest BCUT2D eigenvalue weighted by Gasteiger charge is 2.29. The molecule has 1 aromatic rings. The van der Waals surface area contributed by atoms with Crippen LogP contribution in [-0.2, 0) is 9.53 Å². The number of thioether (sulfide) groups is 1. The Balaban J connectivity index is 1.71. The summed E-state index contributed by atoms with van der Waals surface area (Å²) in [6.07, 6.45) is 3.09. The van der Waals surface area contributed by atoms with Crippen LogP contribution >= 0.6 is 11.8 Å². The molecule has 200 valence electrons. The van der Waals surface area contributed by atoms with Crippen molar-refractivity contribution >= 4 is 45.2 Å². The molecule has 0 radical (unpaired) electrons. The summed E-state index contributed by atoms with van der Waals surface area (Å²) in [6, 6.07) is 0.161. The molecule has 1 atom stereocenters. The minimum atomic E-state index is -2.73.